The van der Waals surface area contributed by atoms with Gasteiger partial charge in [0.05, 0.1) is 11.5 Å². The zero-order valence-corrected chi connectivity index (χ0v) is 10.2. The maximum atomic E-state index is 11.2. The van der Waals surface area contributed by atoms with E-state index >= 15 is 0 Å². The number of carbonyl (C=O) groups excluding carboxylic acids is 1. The summed E-state index contributed by atoms with van der Waals surface area (Å²) in [4.78, 5) is 10.3. The van der Waals surface area contributed by atoms with Crippen molar-refractivity contribution < 1.29 is 13.2 Å². The minimum Gasteiger partial charge on any atom is -0.370 e. The Labute approximate surface area is 91.6 Å². The molecule has 0 saturated heterocycles. The Morgan fingerprint density at radius 3 is 2.14 bits per heavy atom. The van der Waals surface area contributed by atoms with E-state index in [-0.39, 0.29) is 30.3 Å². The zero-order valence-electron chi connectivity index (χ0n) is 8.52. The van der Waals surface area contributed by atoms with Crippen LogP contribution in [-0.4, -0.2) is 25.8 Å². The molecule has 2 N–H and O–H groups in total. The molecule has 0 aliphatic rings. The molecule has 0 heterocycles. The lowest BCUT2D eigenvalue weighted by Gasteiger charge is -2.04. The van der Waals surface area contributed by atoms with Crippen LogP contribution >= 0.6 is 12.4 Å². The Morgan fingerprint density at radius 2 is 1.79 bits per heavy atom. The second kappa shape index (κ2) is 7.06. The van der Waals surface area contributed by atoms with Gasteiger partial charge in [-0.3, -0.25) is 4.79 Å². The molecular formula is C8H18ClNO3S. The van der Waals surface area contributed by atoms with Crippen molar-refractivity contribution in [1.82, 2.24) is 0 Å². The number of amides is 1. The number of rotatable bonds is 6. The largest absolute Gasteiger partial charge is 0.370 e. The highest BCUT2D eigenvalue weighted by atomic mass is 35.5. The molecule has 0 spiro atoms. The first kappa shape index (κ1) is 16.2. The second-order valence-electron chi connectivity index (χ2n) is 3.55. The van der Waals surface area contributed by atoms with Crippen molar-refractivity contribution in [2.75, 3.05) is 11.5 Å². The summed E-state index contributed by atoms with van der Waals surface area (Å²) in [5.74, 6) is -0.163. The van der Waals surface area contributed by atoms with Gasteiger partial charge in [0.15, 0.2) is 9.84 Å². The summed E-state index contributed by atoms with van der Waals surface area (Å²) in [7, 11) is -3.07. The van der Waals surface area contributed by atoms with Gasteiger partial charge in [0.2, 0.25) is 5.91 Å². The Morgan fingerprint density at radius 1 is 1.29 bits per heavy atom. The number of hydrogen-bond donors (Lipinski definition) is 1. The third-order valence-corrected chi connectivity index (χ3v) is 3.35. The smallest absolute Gasteiger partial charge is 0.218 e. The second-order valence-corrected chi connectivity index (χ2v) is 5.85. The predicted octanol–water partition coefficient (Wildman–Crippen LogP) is 0.744. The van der Waals surface area contributed by atoms with E-state index in [1.54, 1.807) is 0 Å². The van der Waals surface area contributed by atoms with Crippen LogP contribution in [0.3, 0.4) is 0 Å². The van der Waals surface area contributed by atoms with Crippen molar-refractivity contribution in [3.63, 3.8) is 0 Å². The van der Waals surface area contributed by atoms with Crippen molar-refractivity contribution in [3.8, 4) is 0 Å². The predicted molar refractivity (Wildman–Crippen MR) is 59.2 cm³/mol. The summed E-state index contributed by atoms with van der Waals surface area (Å²) in [6.07, 6.45) is 0.571. The Bertz CT molecular complexity index is 262. The molecule has 0 aromatic heterocycles. The van der Waals surface area contributed by atoms with E-state index in [1.165, 1.54) is 0 Å². The highest BCUT2D eigenvalue weighted by Crippen LogP contribution is 2.04. The van der Waals surface area contributed by atoms with Gasteiger partial charge >= 0.3 is 0 Å². The van der Waals surface area contributed by atoms with E-state index in [4.69, 9.17) is 5.73 Å². The van der Waals surface area contributed by atoms with E-state index in [1.807, 2.05) is 13.8 Å². The molecule has 6 heteroatoms. The molecular weight excluding hydrogens is 226 g/mol. The van der Waals surface area contributed by atoms with Gasteiger partial charge in [0.1, 0.15) is 0 Å². The van der Waals surface area contributed by atoms with E-state index in [0.717, 1.165) is 0 Å². The number of carbonyl (C=O) groups is 1. The van der Waals surface area contributed by atoms with Crippen molar-refractivity contribution in [2.24, 2.45) is 11.7 Å². The van der Waals surface area contributed by atoms with Crippen LogP contribution in [0.1, 0.15) is 26.7 Å². The summed E-state index contributed by atoms with van der Waals surface area (Å²) in [5, 5.41) is 0. The number of nitrogens with two attached hydrogens (primary N) is 1. The molecule has 14 heavy (non-hydrogen) atoms. The van der Waals surface area contributed by atoms with Gasteiger partial charge in [-0.05, 0) is 12.3 Å². The minimum atomic E-state index is -3.07. The van der Waals surface area contributed by atoms with Crippen molar-refractivity contribution in [3.05, 3.63) is 0 Å². The van der Waals surface area contributed by atoms with Crippen molar-refractivity contribution in [2.45, 2.75) is 26.7 Å². The fraction of sp³-hybridized carbons (Fsp3) is 0.875. The van der Waals surface area contributed by atoms with Gasteiger partial charge < -0.3 is 5.73 Å². The van der Waals surface area contributed by atoms with Gasteiger partial charge in [-0.25, -0.2) is 8.42 Å². The summed E-state index contributed by atoms with van der Waals surface area (Å²) in [5.41, 5.74) is 4.85. The van der Waals surface area contributed by atoms with Crippen molar-refractivity contribution in [1.29, 1.82) is 0 Å². The van der Waals surface area contributed by atoms with Crippen LogP contribution in [-0.2, 0) is 14.6 Å². The standard InChI is InChI=1S/C8H17NO3S.ClH/c1-7(2)3-5-13(11,12)6-4-8(9)10;/h7H,3-6H2,1-2H3,(H2,9,10);1H. The van der Waals surface area contributed by atoms with E-state index in [2.05, 4.69) is 0 Å². The summed E-state index contributed by atoms with van der Waals surface area (Å²) in [6.45, 7) is 3.92. The van der Waals surface area contributed by atoms with E-state index < -0.39 is 15.7 Å². The minimum absolute atomic E-state index is 0. The molecule has 4 nitrogen and oxygen atoms in total. The normalized spacial score (nSPS) is 11.1. The van der Waals surface area contributed by atoms with Crippen LogP contribution in [0.4, 0.5) is 0 Å². The maximum Gasteiger partial charge on any atom is 0.218 e. The molecule has 0 saturated carbocycles. The molecule has 0 aliphatic heterocycles. The SMILES string of the molecule is CC(C)CCS(=O)(=O)CCC(N)=O.Cl. The Balaban J connectivity index is 0. The lowest BCUT2D eigenvalue weighted by molar-refractivity contribution is -0.117. The fourth-order valence-corrected chi connectivity index (χ4v) is 2.32. The topological polar surface area (TPSA) is 77.2 Å². The van der Waals surface area contributed by atoms with Crippen LogP contribution in [0.25, 0.3) is 0 Å². The molecule has 0 aromatic carbocycles. The average molecular weight is 244 g/mol. The highest BCUT2D eigenvalue weighted by Gasteiger charge is 2.12. The van der Waals surface area contributed by atoms with Gasteiger partial charge in [-0.15, -0.1) is 12.4 Å². The molecule has 0 aromatic rings. The first-order valence-electron chi connectivity index (χ1n) is 4.32. The number of primary amides is 1. The van der Waals surface area contributed by atoms with Crippen LogP contribution in [0.2, 0.25) is 0 Å². The zero-order chi connectivity index (χ0) is 10.5. The molecule has 0 bridgehead atoms. The maximum absolute atomic E-state index is 11.2. The summed E-state index contributed by atoms with van der Waals surface area (Å²) in [6, 6.07) is 0. The molecule has 0 unspecified atom stereocenters. The third kappa shape index (κ3) is 9.80. The van der Waals surface area contributed by atoms with Crippen LogP contribution in [0.5, 0.6) is 0 Å². The van der Waals surface area contributed by atoms with Gasteiger partial charge in [-0.2, -0.15) is 0 Å². The summed E-state index contributed by atoms with van der Waals surface area (Å²) >= 11 is 0. The van der Waals surface area contributed by atoms with Crippen LogP contribution < -0.4 is 5.73 Å². The number of halogens is 1. The molecule has 0 fully saturated rings. The average Bonchev–Trinajstić information content (AvgIpc) is 1.98. The van der Waals surface area contributed by atoms with Gasteiger partial charge in [-0.1, -0.05) is 13.8 Å². The lowest BCUT2D eigenvalue weighted by atomic mass is 10.2. The van der Waals surface area contributed by atoms with E-state index in [9.17, 15) is 13.2 Å². The molecule has 1 amide bonds. The van der Waals surface area contributed by atoms with Crippen LogP contribution in [0, 0.1) is 5.92 Å². The van der Waals surface area contributed by atoms with Crippen molar-refractivity contribution >= 4 is 28.2 Å². The van der Waals surface area contributed by atoms with E-state index in [0.29, 0.717) is 12.3 Å². The molecule has 0 atom stereocenters. The highest BCUT2D eigenvalue weighted by molar-refractivity contribution is 7.91. The monoisotopic (exact) mass is 243 g/mol. The number of hydrogen-bond acceptors (Lipinski definition) is 3. The molecule has 86 valence electrons. The van der Waals surface area contributed by atoms with Gasteiger partial charge in [0.25, 0.3) is 0 Å². The first-order chi connectivity index (χ1) is 5.83. The lowest BCUT2D eigenvalue weighted by Crippen LogP contribution is -2.19. The van der Waals surface area contributed by atoms with Crippen LogP contribution in [0.15, 0.2) is 0 Å². The Hall–Kier alpha value is -0.290. The molecule has 0 radical (unpaired) electrons. The fourth-order valence-electron chi connectivity index (χ4n) is 0.773. The van der Waals surface area contributed by atoms with Gasteiger partial charge in [0, 0.05) is 6.42 Å². The molecule has 0 aliphatic carbocycles. The molecule has 0 rings (SSSR count). The third-order valence-electron chi connectivity index (χ3n) is 1.67. The first-order valence-corrected chi connectivity index (χ1v) is 6.14. The number of sulfone groups is 1. The summed E-state index contributed by atoms with van der Waals surface area (Å²) < 4.78 is 22.5. The quantitative estimate of drug-likeness (QED) is 0.748. The Kier molecular flexibility index (Phi) is 8.15.